The predicted molar refractivity (Wildman–Crippen MR) is 74.5 cm³/mol. The number of carboxylic acid groups (broad SMARTS) is 1. The Balaban J connectivity index is 1.94. The summed E-state index contributed by atoms with van der Waals surface area (Å²) in [7, 11) is 0. The largest absolute Gasteiger partial charge is 0.480 e. The normalized spacial score (nSPS) is 37.8. The van der Waals surface area contributed by atoms with Gasteiger partial charge in [0.15, 0.2) is 0 Å². The zero-order valence-electron chi connectivity index (χ0n) is 10.6. The number of carbonyl (C=O) groups is 1. The van der Waals surface area contributed by atoms with Gasteiger partial charge in [-0.25, -0.2) is 0 Å². The average molecular weight is 280 g/mol. The first kappa shape index (κ1) is 12.9. The van der Waals surface area contributed by atoms with E-state index in [1.807, 2.05) is 30.3 Å². The van der Waals surface area contributed by atoms with Crippen LogP contribution in [0.5, 0.6) is 0 Å². The maximum Gasteiger partial charge on any atom is 0.321 e. The molecule has 0 spiro atoms. The van der Waals surface area contributed by atoms with Crippen LogP contribution in [0.25, 0.3) is 0 Å². The van der Waals surface area contributed by atoms with Crippen LogP contribution >= 0.6 is 11.6 Å². The molecule has 5 atom stereocenters. The molecule has 1 heterocycles. The highest BCUT2D eigenvalue weighted by Gasteiger charge is 2.48. The number of aliphatic carboxylic acids is 1. The van der Waals surface area contributed by atoms with E-state index in [0.717, 1.165) is 24.8 Å². The molecule has 1 aromatic rings. The minimum absolute atomic E-state index is 0.0326. The van der Waals surface area contributed by atoms with Crippen LogP contribution in [0, 0.1) is 5.92 Å². The molecule has 1 aromatic carbocycles. The van der Waals surface area contributed by atoms with E-state index < -0.39 is 12.0 Å². The lowest BCUT2D eigenvalue weighted by molar-refractivity contribution is -0.139. The Bertz CT molecular complexity index is 464. The summed E-state index contributed by atoms with van der Waals surface area (Å²) in [6.07, 6.45) is 2.86. The molecule has 2 N–H and O–H groups in total. The van der Waals surface area contributed by atoms with Crippen molar-refractivity contribution in [3.8, 4) is 0 Å². The molecule has 1 aliphatic heterocycles. The molecule has 19 heavy (non-hydrogen) atoms. The molecule has 3 rings (SSSR count). The lowest BCUT2D eigenvalue weighted by atomic mass is 9.75. The lowest BCUT2D eigenvalue weighted by Crippen LogP contribution is -2.38. The molecule has 3 nitrogen and oxygen atoms in total. The Morgan fingerprint density at radius 3 is 2.68 bits per heavy atom. The quantitative estimate of drug-likeness (QED) is 0.818. The SMILES string of the molecule is O=C(O)C1NC2CCC(Cl)CC2C1c1ccccc1. The minimum Gasteiger partial charge on any atom is -0.480 e. The number of hydrogen-bond acceptors (Lipinski definition) is 2. The van der Waals surface area contributed by atoms with Gasteiger partial charge in [-0.15, -0.1) is 11.6 Å². The van der Waals surface area contributed by atoms with Crippen LogP contribution in [0.2, 0.25) is 0 Å². The summed E-state index contributed by atoms with van der Waals surface area (Å²) in [6.45, 7) is 0. The van der Waals surface area contributed by atoms with Gasteiger partial charge in [-0.2, -0.15) is 0 Å². The Morgan fingerprint density at radius 2 is 2.00 bits per heavy atom. The van der Waals surface area contributed by atoms with Crippen molar-refractivity contribution in [2.75, 3.05) is 0 Å². The molecule has 0 radical (unpaired) electrons. The highest BCUT2D eigenvalue weighted by Crippen LogP contribution is 2.44. The van der Waals surface area contributed by atoms with Crippen LogP contribution in [0.4, 0.5) is 0 Å². The van der Waals surface area contributed by atoms with Gasteiger partial charge >= 0.3 is 5.97 Å². The summed E-state index contributed by atoms with van der Waals surface area (Å²) in [5, 5.41) is 12.9. The van der Waals surface area contributed by atoms with Gasteiger partial charge < -0.3 is 10.4 Å². The lowest BCUT2D eigenvalue weighted by Gasteiger charge is -2.31. The van der Waals surface area contributed by atoms with Gasteiger partial charge in [0.05, 0.1) is 0 Å². The number of fused-ring (bicyclic) bond motifs is 1. The van der Waals surface area contributed by atoms with Crippen molar-refractivity contribution in [2.24, 2.45) is 5.92 Å². The van der Waals surface area contributed by atoms with Crippen LogP contribution in [0.1, 0.15) is 30.7 Å². The molecule has 1 aliphatic carbocycles. The molecule has 1 saturated heterocycles. The number of carboxylic acids is 1. The van der Waals surface area contributed by atoms with E-state index in [1.54, 1.807) is 0 Å². The van der Waals surface area contributed by atoms with Crippen LogP contribution in [0.3, 0.4) is 0 Å². The predicted octanol–water partition coefficient (Wildman–Crippen LogP) is 2.60. The molecule has 102 valence electrons. The first-order valence-electron chi connectivity index (χ1n) is 6.84. The summed E-state index contributed by atoms with van der Waals surface area (Å²) in [5.41, 5.74) is 1.11. The standard InChI is InChI=1S/C15H18ClNO2/c16-10-6-7-12-11(8-10)13(14(17-12)15(18)19)9-4-2-1-3-5-9/h1-5,10-14,17H,6-8H2,(H,18,19). The third-order valence-corrected chi connectivity index (χ3v) is 4.90. The van der Waals surface area contributed by atoms with E-state index in [0.29, 0.717) is 12.0 Å². The molecule has 0 aromatic heterocycles. The fourth-order valence-electron chi connectivity index (χ4n) is 3.68. The van der Waals surface area contributed by atoms with Crippen LogP contribution in [-0.2, 0) is 4.79 Å². The average Bonchev–Trinajstić information content (AvgIpc) is 2.78. The van der Waals surface area contributed by atoms with E-state index in [4.69, 9.17) is 11.6 Å². The summed E-state index contributed by atoms with van der Waals surface area (Å²) in [4.78, 5) is 11.5. The van der Waals surface area contributed by atoms with E-state index in [9.17, 15) is 9.90 Å². The van der Waals surface area contributed by atoms with Crippen LogP contribution in [-0.4, -0.2) is 28.5 Å². The van der Waals surface area contributed by atoms with Crippen LogP contribution < -0.4 is 5.32 Å². The van der Waals surface area contributed by atoms with Gasteiger partial charge in [0.2, 0.25) is 0 Å². The first-order valence-corrected chi connectivity index (χ1v) is 7.28. The Labute approximate surface area is 118 Å². The Morgan fingerprint density at radius 1 is 1.26 bits per heavy atom. The minimum atomic E-state index is -0.755. The molecule has 2 fully saturated rings. The third-order valence-electron chi connectivity index (χ3n) is 4.50. The fourth-order valence-corrected chi connectivity index (χ4v) is 4.01. The monoisotopic (exact) mass is 279 g/mol. The van der Waals surface area contributed by atoms with Crippen LogP contribution in [0.15, 0.2) is 30.3 Å². The van der Waals surface area contributed by atoms with E-state index in [1.165, 1.54) is 0 Å². The summed E-state index contributed by atoms with van der Waals surface area (Å²) < 4.78 is 0. The number of benzene rings is 1. The molecule has 0 bridgehead atoms. The zero-order chi connectivity index (χ0) is 13.4. The summed E-state index contributed by atoms with van der Waals surface area (Å²) >= 11 is 6.29. The van der Waals surface area contributed by atoms with Gasteiger partial charge in [0.1, 0.15) is 6.04 Å². The van der Waals surface area contributed by atoms with E-state index in [-0.39, 0.29) is 11.3 Å². The number of hydrogen-bond donors (Lipinski definition) is 2. The molecule has 4 heteroatoms. The van der Waals surface area contributed by atoms with Gasteiger partial charge in [-0.05, 0) is 30.7 Å². The van der Waals surface area contributed by atoms with E-state index in [2.05, 4.69) is 5.32 Å². The Kier molecular flexibility index (Phi) is 3.50. The highest BCUT2D eigenvalue weighted by atomic mass is 35.5. The molecule has 2 aliphatic rings. The maximum atomic E-state index is 11.5. The molecule has 1 saturated carbocycles. The molecule has 5 unspecified atom stereocenters. The molecular formula is C15H18ClNO2. The molecular weight excluding hydrogens is 262 g/mol. The number of alkyl halides is 1. The second-order valence-electron chi connectivity index (χ2n) is 5.60. The highest BCUT2D eigenvalue weighted by molar-refractivity contribution is 6.20. The van der Waals surface area contributed by atoms with Gasteiger partial charge in [0, 0.05) is 17.3 Å². The Hall–Kier alpha value is -1.06. The van der Waals surface area contributed by atoms with Crippen molar-refractivity contribution in [1.29, 1.82) is 0 Å². The first-order chi connectivity index (χ1) is 9.16. The van der Waals surface area contributed by atoms with Crippen molar-refractivity contribution in [3.63, 3.8) is 0 Å². The van der Waals surface area contributed by atoms with Crippen molar-refractivity contribution in [1.82, 2.24) is 5.32 Å². The summed E-state index contributed by atoms with van der Waals surface area (Å²) in [6, 6.07) is 9.78. The van der Waals surface area contributed by atoms with Crippen molar-refractivity contribution in [2.45, 2.75) is 42.6 Å². The number of nitrogens with one attached hydrogen (secondary N) is 1. The fraction of sp³-hybridized carbons (Fsp3) is 0.533. The second-order valence-corrected chi connectivity index (χ2v) is 6.22. The summed E-state index contributed by atoms with van der Waals surface area (Å²) in [5.74, 6) is -0.389. The topological polar surface area (TPSA) is 49.3 Å². The number of halogens is 1. The smallest absolute Gasteiger partial charge is 0.321 e. The van der Waals surface area contributed by atoms with Crippen molar-refractivity contribution in [3.05, 3.63) is 35.9 Å². The van der Waals surface area contributed by atoms with Gasteiger partial charge in [0.25, 0.3) is 0 Å². The van der Waals surface area contributed by atoms with Crippen molar-refractivity contribution < 1.29 is 9.90 Å². The zero-order valence-corrected chi connectivity index (χ0v) is 11.4. The van der Waals surface area contributed by atoms with Gasteiger partial charge in [-0.1, -0.05) is 30.3 Å². The maximum absolute atomic E-state index is 11.5. The van der Waals surface area contributed by atoms with Gasteiger partial charge in [-0.3, -0.25) is 4.79 Å². The van der Waals surface area contributed by atoms with E-state index >= 15 is 0 Å². The third kappa shape index (κ3) is 2.37. The molecule has 0 amide bonds. The van der Waals surface area contributed by atoms with Crippen molar-refractivity contribution >= 4 is 17.6 Å². The second kappa shape index (κ2) is 5.14. The number of rotatable bonds is 2.